The number of amides is 1. The van der Waals surface area contributed by atoms with Crippen molar-refractivity contribution in [3.63, 3.8) is 0 Å². The molecule has 24 heavy (non-hydrogen) atoms. The van der Waals surface area contributed by atoms with Gasteiger partial charge in [-0.2, -0.15) is 0 Å². The van der Waals surface area contributed by atoms with Gasteiger partial charge in [-0.1, -0.05) is 37.6 Å². The number of carbonyl (C=O) groups is 1. The van der Waals surface area contributed by atoms with Gasteiger partial charge < -0.3 is 26.5 Å². The SMILES string of the molecule is CC(C)C(=N)/C(Cl)=C(\N)C(=O)Nc1ccc([C@@H]2OC3CN[C@H]32)cc1. The first-order valence-electron chi connectivity index (χ1n) is 7.92. The second-order valence-corrected chi connectivity index (χ2v) is 6.78. The van der Waals surface area contributed by atoms with Gasteiger partial charge in [0.1, 0.15) is 11.8 Å². The molecular weight excluding hydrogens is 328 g/mol. The highest BCUT2D eigenvalue weighted by Gasteiger charge is 2.49. The normalized spacial score (nSPS) is 25.9. The highest BCUT2D eigenvalue weighted by molar-refractivity contribution is 6.45. The van der Waals surface area contributed by atoms with Crippen LogP contribution in [-0.4, -0.2) is 30.3 Å². The third kappa shape index (κ3) is 3.05. The van der Waals surface area contributed by atoms with Crippen molar-refractivity contribution in [3.05, 3.63) is 40.6 Å². The Kier molecular flexibility index (Phi) is 4.62. The lowest BCUT2D eigenvalue weighted by atomic mass is 9.86. The van der Waals surface area contributed by atoms with Gasteiger partial charge in [0.25, 0.3) is 5.91 Å². The molecule has 7 heteroatoms. The van der Waals surface area contributed by atoms with E-state index in [9.17, 15) is 4.79 Å². The number of hydrogen-bond donors (Lipinski definition) is 4. The highest BCUT2D eigenvalue weighted by atomic mass is 35.5. The maximum Gasteiger partial charge on any atom is 0.273 e. The third-order valence-corrected chi connectivity index (χ3v) is 4.80. The van der Waals surface area contributed by atoms with Crippen LogP contribution in [0.3, 0.4) is 0 Å². The van der Waals surface area contributed by atoms with Gasteiger partial charge in [0.2, 0.25) is 0 Å². The van der Waals surface area contributed by atoms with E-state index >= 15 is 0 Å². The summed E-state index contributed by atoms with van der Waals surface area (Å²) in [5.41, 5.74) is 7.45. The lowest BCUT2D eigenvalue weighted by molar-refractivity contribution is -0.203. The number of allylic oxidation sites excluding steroid dienone is 1. The molecule has 0 aliphatic carbocycles. The molecule has 0 radical (unpaired) electrons. The van der Waals surface area contributed by atoms with Crippen LogP contribution in [0.25, 0.3) is 0 Å². The fourth-order valence-corrected chi connectivity index (χ4v) is 3.01. The molecule has 1 amide bonds. The molecule has 1 aromatic rings. The molecule has 0 spiro atoms. The standard InChI is InChI=1S/C17H21ClN4O2/c1-8(2)13(19)12(18)14(20)17(23)22-10-5-3-9(4-6-10)16-15-11(24-16)7-21-15/h3-6,8,11,15-16,19,21H,7,20H2,1-2H3,(H,22,23)/b14-12+,19-13?/t11?,15-,16+/m1/s1. The summed E-state index contributed by atoms with van der Waals surface area (Å²) in [6, 6.07) is 7.86. The summed E-state index contributed by atoms with van der Waals surface area (Å²) in [4.78, 5) is 12.2. The monoisotopic (exact) mass is 348 g/mol. The molecule has 0 saturated carbocycles. The predicted molar refractivity (Wildman–Crippen MR) is 94.1 cm³/mol. The average Bonchev–Trinajstić information content (AvgIpc) is 2.55. The first-order chi connectivity index (χ1) is 11.4. The van der Waals surface area contributed by atoms with Crippen LogP contribution < -0.4 is 16.4 Å². The third-order valence-electron chi connectivity index (χ3n) is 4.39. The van der Waals surface area contributed by atoms with Gasteiger partial charge in [0.05, 0.1) is 22.9 Å². The van der Waals surface area contributed by atoms with Crippen molar-refractivity contribution < 1.29 is 9.53 Å². The molecule has 5 N–H and O–H groups in total. The fraction of sp³-hybridized carbons (Fsp3) is 0.412. The molecule has 3 rings (SSSR count). The van der Waals surface area contributed by atoms with Crippen molar-refractivity contribution >= 4 is 28.9 Å². The molecule has 128 valence electrons. The van der Waals surface area contributed by atoms with Crippen molar-refractivity contribution in [3.8, 4) is 0 Å². The number of rotatable bonds is 5. The number of anilines is 1. The summed E-state index contributed by atoms with van der Waals surface area (Å²) in [5.74, 6) is -0.617. The molecule has 2 heterocycles. The van der Waals surface area contributed by atoms with Crippen molar-refractivity contribution in [1.29, 1.82) is 5.41 Å². The van der Waals surface area contributed by atoms with Crippen LogP contribution in [0.4, 0.5) is 5.69 Å². The maximum absolute atomic E-state index is 12.2. The van der Waals surface area contributed by atoms with Gasteiger partial charge in [-0.05, 0) is 23.6 Å². The number of hydrogen-bond acceptors (Lipinski definition) is 5. The van der Waals surface area contributed by atoms with E-state index in [0.717, 1.165) is 12.1 Å². The number of nitrogens with one attached hydrogen (secondary N) is 3. The largest absolute Gasteiger partial charge is 0.393 e. The molecule has 3 atom stereocenters. The van der Waals surface area contributed by atoms with Crippen molar-refractivity contribution in [2.75, 3.05) is 11.9 Å². The molecule has 2 saturated heterocycles. The molecule has 1 aromatic carbocycles. The van der Waals surface area contributed by atoms with E-state index in [1.807, 2.05) is 26.0 Å². The predicted octanol–water partition coefficient (Wildman–Crippen LogP) is 2.12. The number of morpholine rings is 1. The lowest BCUT2D eigenvalue weighted by Crippen LogP contribution is -2.69. The zero-order chi connectivity index (χ0) is 17.4. The van der Waals surface area contributed by atoms with E-state index in [4.69, 9.17) is 27.5 Å². The number of fused-ring (bicyclic) bond motifs is 1. The molecule has 2 fully saturated rings. The first-order valence-corrected chi connectivity index (χ1v) is 8.30. The molecule has 0 aromatic heterocycles. The molecule has 1 unspecified atom stereocenters. The highest BCUT2D eigenvalue weighted by Crippen LogP contribution is 2.39. The Morgan fingerprint density at radius 1 is 1.42 bits per heavy atom. The van der Waals surface area contributed by atoms with Gasteiger partial charge >= 0.3 is 0 Å². The van der Waals surface area contributed by atoms with Crippen LogP contribution in [0.5, 0.6) is 0 Å². The molecule has 6 nitrogen and oxygen atoms in total. The Labute approximate surface area is 145 Å². The number of nitrogens with two attached hydrogens (primary N) is 1. The van der Waals surface area contributed by atoms with E-state index < -0.39 is 5.91 Å². The lowest BCUT2D eigenvalue weighted by Gasteiger charge is -2.53. The van der Waals surface area contributed by atoms with E-state index in [1.165, 1.54) is 0 Å². The Balaban J connectivity index is 1.64. The van der Waals surface area contributed by atoms with E-state index in [0.29, 0.717) is 17.8 Å². The number of halogens is 1. The van der Waals surface area contributed by atoms with Gasteiger partial charge in [-0.25, -0.2) is 0 Å². The van der Waals surface area contributed by atoms with Gasteiger partial charge in [0, 0.05) is 12.2 Å². The summed E-state index contributed by atoms with van der Waals surface area (Å²) >= 11 is 6.01. The van der Waals surface area contributed by atoms with Gasteiger partial charge in [-0.3, -0.25) is 4.79 Å². The zero-order valence-electron chi connectivity index (χ0n) is 13.6. The Morgan fingerprint density at radius 2 is 2.08 bits per heavy atom. The smallest absolute Gasteiger partial charge is 0.273 e. The minimum atomic E-state index is -0.515. The first kappa shape index (κ1) is 17.0. The number of carbonyl (C=O) groups excluding carboxylic acids is 1. The second-order valence-electron chi connectivity index (χ2n) is 6.40. The molecule has 0 bridgehead atoms. The average molecular weight is 349 g/mol. The van der Waals surface area contributed by atoms with Gasteiger partial charge in [0.15, 0.2) is 0 Å². The zero-order valence-corrected chi connectivity index (χ0v) is 14.4. The Bertz CT molecular complexity index is 699. The van der Waals surface area contributed by atoms with E-state index in [1.54, 1.807) is 12.1 Å². The number of ether oxygens (including phenoxy) is 1. The van der Waals surface area contributed by atoms with E-state index in [-0.39, 0.29) is 28.5 Å². The van der Waals surface area contributed by atoms with Crippen LogP contribution in [0.1, 0.15) is 25.5 Å². The number of benzene rings is 1. The molecule has 2 aliphatic heterocycles. The molecule has 2 aliphatic rings. The van der Waals surface area contributed by atoms with Crippen molar-refractivity contribution in [2.24, 2.45) is 11.7 Å². The van der Waals surface area contributed by atoms with Crippen LogP contribution in [0.15, 0.2) is 35.0 Å². The van der Waals surface area contributed by atoms with Crippen LogP contribution >= 0.6 is 11.6 Å². The summed E-state index contributed by atoms with van der Waals surface area (Å²) in [6.07, 6.45) is 0.428. The van der Waals surface area contributed by atoms with Crippen molar-refractivity contribution in [1.82, 2.24) is 5.32 Å². The van der Waals surface area contributed by atoms with Crippen molar-refractivity contribution in [2.45, 2.75) is 32.1 Å². The fourth-order valence-electron chi connectivity index (χ4n) is 2.71. The summed E-state index contributed by atoms with van der Waals surface area (Å²) in [6.45, 7) is 4.56. The van der Waals surface area contributed by atoms with E-state index in [2.05, 4.69) is 10.6 Å². The Morgan fingerprint density at radius 3 is 2.54 bits per heavy atom. The van der Waals surface area contributed by atoms with Crippen LogP contribution in [0.2, 0.25) is 0 Å². The molecular formula is C17H21ClN4O2. The minimum absolute atomic E-state index is 0.0101. The quantitative estimate of drug-likeness (QED) is 0.483. The maximum atomic E-state index is 12.2. The summed E-state index contributed by atoms with van der Waals surface area (Å²) < 4.78 is 5.75. The minimum Gasteiger partial charge on any atom is -0.393 e. The topological polar surface area (TPSA) is 100 Å². The summed E-state index contributed by atoms with van der Waals surface area (Å²) in [5, 5.41) is 13.8. The Hall–Kier alpha value is -1.89. The second kappa shape index (κ2) is 6.55. The van der Waals surface area contributed by atoms with Crippen LogP contribution in [0, 0.1) is 11.3 Å². The summed E-state index contributed by atoms with van der Waals surface area (Å²) in [7, 11) is 0. The van der Waals surface area contributed by atoms with Crippen LogP contribution in [-0.2, 0) is 9.53 Å². The van der Waals surface area contributed by atoms with Gasteiger partial charge in [-0.15, -0.1) is 0 Å².